The highest BCUT2D eigenvalue weighted by atomic mass is 79.9. The number of halogens is 1. The van der Waals surface area contributed by atoms with Crippen molar-refractivity contribution in [3.8, 4) is 0 Å². The fourth-order valence-electron chi connectivity index (χ4n) is 2.52. The van der Waals surface area contributed by atoms with Gasteiger partial charge in [-0.05, 0) is 60.8 Å². The number of hydrogen-bond donors (Lipinski definition) is 2. The molecular weight excluding hydrogens is 374 g/mol. The molecule has 0 aliphatic heterocycles. The van der Waals surface area contributed by atoms with Crippen LogP contribution in [0.25, 0.3) is 0 Å². The highest BCUT2D eigenvalue weighted by Crippen LogP contribution is 2.21. The van der Waals surface area contributed by atoms with E-state index in [1.807, 2.05) is 11.7 Å². The number of hydrogen-bond acceptors (Lipinski definition) is 3. The average molecular weight is 398 g/mol. The quantitative estimate of drug-likeness (QED) is 0.601. The third kappa shape index (κ3) is 4.81. The number of guanidine groups is 1. The van der Waals surface area contributed by atoms with Gasteiger partial charge in [0.2, 0.25) is 0 Å². The van der Waals surface area contributed by atoms with Crippen LogP contribution in [-0.4, -0.2) is 28.8 Å². The summed E-state index contributed by atoms with van der Waals surface area (Å²) in [6.45, 7) is 7.12. The Morgan fingerprint density at radius 2 is 2.17 bits per heavy atom. The van der Waals surface area contributed by atoms with Gasteiger partial charge < -0.3 is 10.6 Å². The first-order valence-corrected chi connectivity index (χ1v) is 9.22. The molecule has 2 aromatic heterocycles. The molecule has 5 nitrogen and oxygen atoms in total. The number of aliphatic imine (C=N–C) groups is 1. The fourth-order valence-corrected chi connectivity index (χ4v) is 3.94. The molecule has 126 valence electrons. The Hall–Kier alpha value is -1.34. The number of nitrogens with zero attached hydrogens (tertiary/aromatic N) is 3. The van der Waals surface area contributed by atoms with Crippen molar-refractivity contribution in [1.29, 1.82) is 0 Å². The molecular formula is C16H24BrN5S. The van der Waals surface area contributed by atoms with E-state index in [2.05, 4.69) is 69.6 Å². The van der Waals surface area contributed by atoms with Crippen LogP contribution >= 0.6 is 27.3 Å². The van der Waals surface area contributed by atoms with Gasteiger partial charge in [0.15, 0.2) is 5.96 Å². The molecule has 0 amide bonds. The average Bonchev–Trinajstić information content (AvgIpc) is 3.02. The van der Waals surface area contributed by atoms with E-state index in [-0.39, 0.29) is 6.04 Å². The van der Waals surface area contributed by atoms with Gasteiger partial charge in [-0.15, -0.1) is 11.3 Å². The summed E-state index contributed by atoms with van der Waals surface area (Å²) in [7, 11) is 3.79. The summed E-state index contributed by atoms with van der Waals surface area (Å²) < 4.78 is 3.09. The van der Waals surface area contributed by atoms with E-state index >= 15 is 0 Å². The summed E-state index contributed by atoms with van der Waals surface area (Å²) >= 11 is 5.21. The molecule has 0 saturated heterocycles. The summed E-state index contributed by atoms with van der Waals surface area (Å²) in [5.74, 6) is 0.821. The zero-order valence-corrected chi connectivity index (χ0v) is 16.7. The first-order chi connectivity index (χ1) is 10.9. The summed E-state index contributed by atoms with van der Waals surface area (Å²) in [5, 5.41) is 11.3. The molecule has 0 bridgehead atoms. The van der Waals surface area contributed by atoms with Gasteiger partial charge in [-0.25, -0.2) is 0 Å². The van der Waals surface area contributed by atoms with Gasteiger partial charge in [0, 0.05) is 30.7 Å². The maximum Gasteiger partial charge on any atom is 0.191 e. The first kappa shape index (κ1) is 18.0. The second-order valence-electron chi connectivity index (χ2n) is 5.65. The van der Waals surface area contributed by atoms with Crippen molar-refractivity contribution in [2.75, 3.05) is 7.05 Å². The molecule has 0 aromatic carbocycles. The molecule has 0 saturated carbocycles. The van der Waals surface area contributed by atoms with Crippen LogP contribution in [0, 0.1) is 13.8 Å². The highest BCUT2D eigenvalue weighted by Gasteiger charge is 2.14. The molecule has 2 rings (SSSR count). The Labute approximate surface area is 150 Å². The predicted octanol–water partition coefficient (Wildman–Crippen LogP) is 3.16. The molecule has 7 heteroatoms. The maximum atomic E-state index is 4.48. The first-order valence-electron chi connectivity index (χ1n) is 7.61. The van der Waals surface area contributed by atoms with Crippen LogP contribution in [-0.2, 0) is 20.0 Å². The third-order valence-corrected chi connectivity index (χ3v) is 5.46. The van der Waals surface area contributed by atoms with Crippen molar-refractivity contribution < 1.29 is 0 Å². The SMILES string of the molecule is CN=C(NCc1ccc(Br)s1)NC(C)Cc1c(C)nn(C)c1C. The van der Waals surface area contributed by atoms with Crippen molar-refractivity contribution >= 4 is 33.2 Å². The lowest BCUT2D eigenvalue weighted by Crippen LogP contribution is -2.42. The van der Waals surface area contributed by atoms with Crippen LogP contribution in [0.5, 0.6) is 0 Å². The van der Waals surface area contributed by atoms with E-state index in [1.54, 1.807) is 18.4 Å². The highest BCUT2D eigenvalue weighted by molar-refractivity contribution is 9.11. The van der Waals surface area contributed by atoms with Gasteiger partial charge in [0.05, 0.1) is 16.0 Å². The lowest BCUT2D eigenvalue weighted by atomic mass is 10.1. The lowest BCUT2D eigenvalue weighted by molar-refractivity contribution is 0.636. The van der Waals surface area contributed by atoms with E-state index in [0.717, 1.165) is 28.4 Å². The Morgan fingerprint density at radius 3 is 2.70 bits per heavy atom. The van der Waals surface area contributed by atoms with Crippen molar-refractivity contribution in [1.82, 2.24) is 20.4 Å². The normalized spacial score (nSPS) is 13.2. The van der Waals surface area contributed by atoms with Crippen LogP contribution in [0.1, 0.15) is 28.8 Å². The van der Waals surface area contributed by atoms with Crippen LogP contribution < -0.4 is 10.6 Å². The summed E-state index contributed by atoms with van der Waals surface area (Å²) in [6.07, 6.45) is 0.927. The number of aryl methyl sites for hydroxylation is 2. The Balaban J connectivity index is 1.90. The van der Waals surface area contributed by atoms with Gasteiger partial charge in [-0.2, -0.15) is 5.10 Å². The molecule has 0 spiro atoms. The van der Waals surface area contributed by atoms with Crippen molar-refractivity contribution in [2.24, 2.45) is 12.0 Å². The van der Waals surface area contributed by atoms with Crippen molar-refractivity contribution in [3.63, 3.8) is 0 Å². The Morgan fingerprint density at radius 1 is 1.43 bits per heavy atom. The molecule has 2 heterocycles. The van der Waals surface area contributed by atoms with E-state index in [4.69, 9.17) is 0 Å². The Bertz CT molecular complexity index is 689. The summed E-state index contributed by atoms with van der Waals surface area (Å²) in [6, 6.07) is 4.45. The topological polar surface area (TPSA) is 54.2 Å². The second-order valence-corrected chi connectivity index (χ2v) is 8.20. The zero-order chi connectivity index (χ0) is 17.0. The molecule has 1 unspecified atom stereocenters. The minimum absolute atomic E-state index is 0.276. The molecule has 2 N–H and O–H groups in total. The summed E-state index contributed by atoms with van der Waals surface area (Å²) in [4.78, 5) is 5.58. The number of rotatable bonds is 5. The minimum Gasteiger partial charge on any atom is -0.354 e. The number of thiophene rings is 1. The number of aromatic nitrogens is 2. The molecule has 23 heavy (non-hydrogen) atoms. The van der Waals surface area contributed by atoms with Crippen LogP contribution in [0.15, 0.2) is 20.9 Å². The molecule has 1 atom stereocenters. The van der Waals surface area contributed by atoms with E-state index in [9.17, 15) is 0 Å². The maximum absolute atomic E-state index is 4.48. The van der Waals surface area contributed by atoms with Gasteiger partial charge in [0.1, 0.15) is 0 Å². The fraction of sp³-hybridized carbons (Fsp3) is 0.500. The third-order valence-electron chi connectivity index (χ3n) is 3.83. The smallest absolute Gasteiger partial charge is 0.191 e. The molecule has 0 aliphatic rings. The van der Waals surface area contributed by atoms with Gasteiger partial charge in [0.25, 0.3) is 0 Å². The number of nitrogens with one attached hydrogen (secondary N) is 2. The monoisotopic (exact) mass is 397 g/mol. The van der Waals surface area contributed by atoms with Crippen molar-refractivity contribution in [3.05, 3.63) is 37.7 Å². The van der Waals surface area contributed by atoms with Crippen LogP contribution in [0.4, 0.5) is 0 Å². The Kier molecular flexibility index (Phi) is 6.24. The largest absolute Gasteiger partial charge is 0.354 e. The lowest BCUT2D eigenvalue weighted by Gasteiger charge is -2.18. The van der Waals surface area contributed by atoms with Crippen LogP contribution in [0.3, 0.4) is 0 Å². The van der Waals surface area contributed by atoms with Crippen LogP contribution in [0.2, 0.25) is 0 Å². The molecule has 2 aromatic rings. The molecule has 0 fully saturated rings. The van der Waals surface area contributed by atoms with E-state index in [1.165, 1.54) is 16.1 Å². The second kappa shape index (κ2) is 7.97. The summed E-state index contributed by atoms with van der Waals surface area (Å²) in [5.41, 5.74) is 3.64. The zero-order valence-electron chi connectivity index (χ0n) is 14.3. The molecule has 0 radical (unpaired) electrons. The van der Waals surface area contributed by atoms with Gasteiger partial charge in [-0.3, -0.25) is 9.67 Å². The van der Waals surface area contributed by atoms with E-state index in [0.29, 0.717) is 0 Å². The van der Waals surface area contributed by atoms with Gasteiger partial charge in [-0.1, -0.05) is 0 Å². The van der Waals surface area contributed by atoms with Crippen molar-refractivity contribution in [2.45, 2.75) is 39.8 Å². The standard InChI is InChI=1S/C16H24BrN5S/c1-10(8-14-11(2)21-22(5)12(14)3)20-16(18-4)19-9-13-6-7-15(17)23-13/h6-7,10H,8-9H2,1-5H3,(H2,18,19,20). The van der Waals surface area contributed by atoms with Gasteiger partial charge >= 0.3 is 0 Å². The molecule has 0 aliphatic carbocycles. The van der Waals surface area contributed by atoms with E-state index < -0.39 is 0 Å². The minimum atomic E-state index is 0.276. The predicted molar refractivity (Wildman–Crippen MR) is 101 cm³/mol.